The molecule has 0 fully saturated rings. The molecule has 0 atom stereocenters. The second-order valence-electron chi connectivity index (χ2n) is 4.61. The third-order valence-electron chi connectivity index (χ3n) is 3.05. The minimum atomic E-state index is -0.222. The van der Waals surface area contributed by atoms with Crippen molar-refractivity contribution in [1.29, 1.82) is 0 Å². The zero-order valence-electron chi connectivity index (χ0n) is 12.3. The molecule has 116 valence electrons. The first kappa shape index (κ1) is 16.0. The number of nitrogens with one attached hydrogen (secondary N) is 2. The predicted octanol–water partition coefficient (Wildman–Crippen LogP) is 1.85. The lowest BCUT2D eigenvalue weighted by atomic mass is 10.1. The van der Waals surface area contributed by atoms with Gasteiger partial charge in [-0.05, 0) is 35.6 Å². The van der Waals surface area contributed by atoms with Crippen LogP contribution in [0.3, 0.4) is 0 Å². The summed E-state index contributed by atoms with van der Waals surface area (Å²) < 4.78 is 5.09. The predicted molar refractivity (Wildman–Crippen MR) is 86.4 cm³/mol. The molecular weight excluding hydrogens is 300 g/mol. The monoisotopic (exact) mass is 318 g/mol. The van der Waals surface area contributed by atoms with E-state index in [9.17, 15) is 9.59 Å². The van der Waals surface area contributed by atoms with Gasteiger partial charge < -0.3 is 15.4 Å². The number of thiophene rings is 1. The van der Waals surface area contributed by atoms with Gasteiger partial charge in [0.25, 0.3) is 5.91 Å². The van der Waals surface area contributed by atoms with Crippen molar-refractivity contribution >= 4 is 23.2 Å². The van der Waals surface area contributed by atoms with Gasteiger partial charge in [0.2, 0.25) is 5.91 Å². The van der Waals surface area contributed by atoms with Crippen molar-refractivity contribution in [3.05, 3.63) is 52.2 Å². The third-order valence-corrected chi connectivity index (χ3v) is 3.92. The number of rotatable bonds is 7. The lowest BCUT2D eigenvalue weighted by Crippen LogP contribution is -2.37. The molecule has 0 unspecified atom stereocenters. The zero-order chi connectivity index (χ0) is 15.8. The van der Waals surface area contributed by atoms with Gasteiger partial charge in [-0.25, -0.2) is 0 Å². The van der Waals surface area contributed by atoms with E-state index in [2.05, 4.69) is 10.6 Å². The molecular formula is C16H18N2O3S. The smallest absolute Gasteiger partial charge is 0.261 e. The number of hydrogen-bond acceptors (Lipinski definition) is 4. The van der Waals surface area contributed by atoms with Crippen LogP contribution in [0.1, 0.15) is 15.2 Å². The van der Waals surface area contributed by atoms with Crippen LogP contribution in [0.15, 0.2) is 41.8 Å². The Morgan fingerprint density at radius 1 is 1.14 bits per heavy atom. The van der Waals surface area contributed by atoms with Crippen molar-refractivity contribution in [3.63, 3.8) is 0 Å². The van der Waals surface area contributed by atoms with E-state index >= 15 is 0 Å². The number of ether oxygens (including phenoxy) is 1. The molecule has 2 amide bonds. The Morgan fingerprint density at radius 2 is 1.91 bits per heavy atom. The van der Waals surface area contributed by atoms with Crippen LogP contribution in [-0.4, -0.2) is 32.0 Å². The highest BCUT2D eigenvalue weighted by Crippen LogP contribution is 2.11. The lowest BCUT2D eigenvalue weighted by molar-refractivity contribution is -0.120. The first-order valence-corrected chi connectivity index (χ1v) is 7.78. The summed E-state index contributed by atoms with van der Waals surface area (Å²) in [6.07, 6.45) is 0.731. The number of methoxy groups -OCH3 is 1. The molecule has 2 rings (SSSR count). The molecule has 0 radical (unpaired) electrons. The van der Waals surface area contributed by atoms with Crippen molar-refractivity contribution in [2.75, 3.05) is 20.2 Å². The van der Waals surface area contributed by atoms with Crippen molar-refractivity contribution in [3.8, 4) is 5.75 Å². The summed E-state index contributed by atoms with van der Waals surface area (Å²) in [6, 6.07) is 11.2. The summed E-state index contributed by atoms with van der Waals surface area (Å²) >= 11 is 1.35. The Labute approximate surface area is 133 Å². The summed E-state index contributed by atoms with van der Waals surface area (Å²) in [5, 5.41) is 7.19. The molecule has 2 aromatic rings. The van der Waals surface area contributed by atoms with Crippen LogP contribution in [0.5, 0.6) is 5.75 Å². The fraction of sp³-hybridized carbons (Fsp3) is 0.250. The van der Waals surface area contributed by atoms with Gasteiger partial charge in [0.05, 0.1) is 18.5 Å². The highest BCUT2D eigenvalue weighted by molar-refractivity contribution is 7.12. The van der Waals surface area contributed by atoms with Crippen LogP contribution in [-0.2, 0) is 11.2 Å². The van der Waals surface area contributed by atoms with E-state index in [4.69, 9.17) is 4.74 Å². The summed E-state index contributed by atoms with van der Waals surface area (Å²) in [7, 11) is 1.62. The number of amides is 2. The standard InChI is InChI=1S/C16H18N2O3S/c1-21-13-6-4-12(5-7-13)8-9-17-15(19)11-18-16(20)14-3-2-10-22-14/h2-7,10H,8-9,11H2,1H3,(H,17,19)(H,18,20). The zero-order valence-corrected chi connectivity index (χ0v) is 13.1. The van der Waals surface area contributed by atoms with Gasteiger partial charge in [0, 0.05) is 6.54 Å². The van der Waals surface area contributed by atoms with Crippen molar-refractivity contribution in [1.82, 2.24) is 10.6 Å². The van der Waals surface area contributed by atoms with Gasteiger partial charge in [-0.1, -0.05) is 18.2 Å². The highest BCUT2D eigenvalue weighted by atomic mass is 32.1. The topological polar surface area (TPSA) is 67.4 Å². The molecule has 0 bridgehead atoms. The Hall–Kier alpha value is -2.34. The summed E-state index contributed by atoms with van der Waals surface area (Å²) in [5.41, 5.74) is 1.11. The van der Waals surface area contributed by atoms with E-state index < -0.39 is 0 Å². The molecule has 0 saturated carbocycles. The van der Waals surface area contributed by atoms with Gasteiger partial charge in [0.15, 0.2) is 0 Å². The molecule has 0 aliphatic heterocycles. The maximum atomic E-state index is 11.7. The fourth-order valence-electron chi connectivity index (χ4n) is 1.86. The van der Waals surface area contributed by atoms with E-state index in [1.807, 2.05) is 29.6 Å². The summed E-state index contributed by atoms with van der Waals surface area (Å²) in [6.45, 7) is 0.513. The average molecular weight is 318 g/mol. The van der Waals surface area contributed by atoms with Crippen molar-refractivity contribution in [2.24, 2.45) is 0 Å². The molecule has 2 N–H and O–H groups in total. The Balaban J connectivity index is 1.66. The molecule has 5 nitrogen and oxygen atoms in total. The van der Waals surface area contributed by atoms with Crippen LogP contribution in [0.2, 0.25) is 0 Å². The lowest BCUT2D eigenvalue weighted by Gasteiger charge is -2.07. The van der Waals surface area contributed by atoms with E-state index in [1.54, 1.807) is 19.2 Å². The molecule has 0 spiro atoms. The highest BCUT2D eigenvalue weighted by Gasteiger charge is 2.08. The largest absolute Gasteiger partial charge is 0.497 e. The van der Waals surface area contributed by atoms with Gasteiger partial charge in [-0.2, -0.15) is 0 Å². The fourth-order valence-corrected chi connectivity index (χ4v) is 2.50. The number of carbonyl (C=O) groups is 2. The molecule has 1 aromatic heterocycles. The minimum Gasteiger partial charge on any atom is -0.497 e. The van der Waals surface area contributed by atoms with Crippen LogP contribution >= 0.6 is 11.3 Å². The van der Waals surface area contributed by atoms with Gasteiger partial charge in [-0.3, -0.25) is 9.59 Å². The Morgan fingerprint density at radius 3 is 2.55 bits per heavy atom. The second kappa shape index (κ2) is 8.19. The van der Waals surface area contributed by atoms with E-state index in [1.165, 1.54) is 11.3 Å². The second-order valence-corrected chi connectivity index (χ2v) is 5.56. The summed E-state index contributed by atoms with van der Waals surface area (Å²) in [4.78, 5) is 23.9. The first-order chi connectivity index (χ1) is 10.7. The molecule has 0 aliphatic carbocycles. The molecule has 0 aliphatic rings. The normalized spacial score (nSPS) is 10.0. The molecule has 1 aromatic carbocycles. The van der Waals surface area contributed by atoms with E-state index in [-0.39, 0.29) is 18.4 Å². The van der Waals surface area contributed by atoms with Crippen LogP contribution in [0.25, 0.3) is 0 Å². The van der Waals surface area contributed by atoms with Crippen molar-refractivity contribution < 1.29 is 14.3 Å². The first-order valence-electron chi connectivity index (χ1n) is 6.90. The number of hydrogen-bond donors (Lipinski definition) is 2. The van der Waals surface area contributed by atoms with Crippen LogP contribution in [0.4, 0.5) is 0 Å². The third kappa shape index (κ3) is 4.89. The maximum Gasteiger partial charge on any atom is 0.261 e. The van der Waals surface area contributed by atoms with Gasteiger partial charge in [-0.15, -0.1) is 11.3 Å². The molecule has 22 heavy (non-hydrogen) atoms. The van der Waals surface area contributed by atoms with Crippen molar-refractivity contribution in [2.45, 2.75) is 6.42 Å². The summed E-state index contributed by atoms with van der Waals surface area (Å²) in [5.74, 6) is 0.391. The van der Waals surface area contributed by atoms with Crippen LogP contribution in [0, 0.1) is 0 Å². The van der Waals surface area contributed by atoms with E-state index in [0.717, 1.165) is 17.7 Å². The Kier molecular flexibility index (Phi) is 5.97. The van der Waals surface area contributed by atoms with Crippen LogP contribution < -0.4 is 15.4 Å². The van der Waals surface area contributed by atoms with E-state index in [0.29, 0.717) is 11.4 Å². The molecule has 6 heteroatoms. The minimum absolute atomic E-state index is 0.0145. The number of carbonyl (C=O) groups excluding carboxylic acids is 2. The van der Waals surface area contributed by atoms with Gasteiger partial charge >= 0.3 is 0 Å². The maximum absolute atomic E-state index is 11.7. The molecule has 1 heterocycles. The quantitative estimate of drug-likeness (QED) is 0.818. The average Bonchev–Trinajstić information content (AvgIpc) is 3.08. The Bertz CT molecular complexity index is 609. The number of benzene rings is 1. The SMILES string of the molecule is COc1ccc(CCNC(=O)CNC(=O)c2cccs2)cc1. The molecule has 0 saturated heterocycles. The van der Waals surface area contributed by atoms with Gasteiger partial charge in [0.1, 0.15) is 5.75 Å².